The summed E-state index contributed by atoms with van der Waals surface area (Å²) in [5.41, 5.74) is 4.84. The molecule has 1 N–H and O–H groups in total. The summed E-state index contributed by atoms with van der Waals surface area (Å²) in [6, 6.07) is 17.6. The zero-order valence-electron chi connectivity index (χ0n) is 31.1. The topological polar surface area (TPSA) is 133 Å². The lowest BCUT2D eigenvalue weighted by Gasteiger charge is -2.43. The second-order valence-corrected chi connectivity index (χ2v) is 16.9. The molecule has 0 radical (unpaired) electrons. The van der Waals surface area contributed by atoms with Gasteiger partial charge in [0.2, 0.25) is 11.8 Å². The van der Waals surface area contributed by atoms with Crippen LogP contribution in [0.15, 0.2) is 54.7 Å². The highest BCUT2D eigenvalue weighted by molar-refractivity contribution is 7.81. The van der Waals surface area contributed by atoms with Crippen LogP contribution in [0, 0.1) is 17.2 Å². The monoisotopic (exact) mass is 790 g/mol. The maximum atomic E-state index is 13.9. The second kappa shape index (κ2) is 14.6. The van der Waals surface area contributed by atoms with Crippen LogP contribution in [0.2, 0.25) is 5.02 Å². The van der Waals surface area contributed by atoms with Crippen LogP contribution in [0.1, 0.15) is 90.9 Å². The van der Waals surface area contributed by atoms with Crippen LogP contribution in [0.4, 0.5) is 17.1 Å². The number of amides is 4. The van der Waals surface area contributed by atoms with E-state index in [1.165, 1.54) is 16.7 Å². The number of hydrogen-bond acceptors (Lipinski definition) is 9. The molecule has 1 spiro atoms. The summed E-state index contributed by atoms with van der Waals surface area (Å²) >= 11 is 12.2. The quantitative estimate of drug-likeness (QED) is 0.241. The summed E-state index contributed by atoms with van der Waals surface area (Å²) in [5.74, 6) is 0.257. The normalized spacial score (nSPS) is 23.1. The number of anilines is 3. The average molecular weight is 791 g/mol. The average Bonchev–Trinajstić information content (AvgIpc) is 3.64. The van der Waals surface area contributed by atoms with Crippen molar-refractivity contribution < 1.29 is 19.2 Å². The molecule has 1 aliphatic carbocycles. The van der Waals surface area contributed by atoms with E-state index in [0.717, 1.165) is 94.6 Å². The van der Waals surface area contributed by atoms with Crippen LogP contribution in [0.25, 0.3) is 0 Å². The summed E-state index contributed by atoms with van der Waals surface area (Å²) in [6.07, 6.45) is 8.96. The summed E-state index contributed by atoms with van der Waals surface area (Å²) in [7, 11) is 0. The Morgan fingerprint density at radius 3 is 2.30 bits per heavy atom. The Kier molecular flexibility index (Phi) is 9.54. The number of aromatic nitrogens is 1. The Hall–Kier alpha value is -4.90. The van der Waals surface area contributed by atoms with Gasteiger partial charge in [-0.1, -0.05) is 23.7 Å². The Morgan fingerprint density at radius 1 is 0.911 bits per heavy atom. The minimum Gasteiger partial charge on any atom is -0.372 e. The second-order valence-electron chi connectivity index (χ2n) is 16.1. The van der Waals surface area contributed by atoms with Crippen LogP contribution in [-0.4, -0.2) is 87.8 Å². The number of imide groups is 1. The molecule has 5 fully saturated rings. The number of nitrogens with one attached hydrogen (secondary N) is 1. The predicted octanol–water partition coefficient (Wildman–Crippen LogP) is 5.52. The van der Waals surface area contributed by atoms with Gasteiger partial charge in [0.05, 0.1) is 16.9 Å². The first kappa shape index (κ1) is 36.7. The molecule has 12 nitrogen and oxygen atoms in total. The third-order valence-corrected chi connectivity index (χ3v) is 13.7. The molecule has 2 aromatic carbocycles. The zero-order chi connectivity index (χ0) is 38.7. The number of nitrogens with zero attached hydrogens (tertiary/aromatic N) is 7. The van der Waals surface area contributed by atoms with Crippen LogP contribution in [0.5, 0.6) is 0 Å². The number of carbonyl (C=O) groups is 4. The van der Waals surface area contributed by atoms with Crippen LogP contribution >= 0.6 is 23.8 Å². The van der Waals surface area contributed by atoms with Crippen molar-refractivity contribution in [1.29, 1.82) is 5.26 Å². The van der Waals surface area contributed by atoms with E-state index in [-0.39, 0.29) is 40.8 Å². The molecule has 56 heavy (non-hydrogen) atoms. The highest BCUT2D eigenvalue weighted by atomic mass is 35.5. The Morgan fingerprint density at radius 2 is 1.64 bits per heavy atom. The standard InChI is InChI=1S/C42H43ClN8O4S/c43-34-21-32(23-45-35(34)22-44)50-40(55)42(14-1-15-42)51(41(50)56)30-4-2-27(3-5-30)28-12-16-47(17-13-28)24-26-10-18-48(19-11-26)31-6-7-33-29(20-31)25-49(39(33)54)36-8-9-37(52)46-38(36)53/h2-7,20-21,23,26,28,36H,1,8-19,24-25H2,(H,46,52,53). The molecule has 1 saturated carbocycles. The lowest BCUT2D eigenvalue weighted by molar-refractivity contribution is -0.137. The minimum absolute atomic E-state index is 0.0699. The maximum absolute atomic E-state index is 13.9. The molecular formula is C42H43ClN8O4S. The van der Waals surface area contributed by atoms with E-state index >= 15 is 0 Å². The molecule has 3 aromatic rings. The van der Waals surface area contributed by atoms with Gasteiger partial charge < -0.3 is 19.6 Å². The molecule has 9 rings (SSSR count). The van der Waals surface area contributed by atoms with Crippen LogP contribution in [0.3, 0.4) is 0 Å². The SMILES string of the molecule is N#Cc1ncc(N2C(=O)C3(CCC3)N(c3ccc(C4CCN(CC5CCN(c6ccc7c(c6)CN(C6CCC(=O)NC6=O)C7=O)CC5)CC4)cc3)C2=S)cc1Cl. The molecule has 1 atom stereocenters. The van der Waals surface area contributed by atoms with Crippen molar-refractivity contribution in [3.63, 3.8) is 0 Å². The van der Waals surface area contributed by atoms with E-state index in [0.29, 0.717) is 41.2 Å². The number of nitriles is 1. The number of piperidine rings is 3. The van der Waals surface area contributed by atoms with Gasteiger partial charge in [0, 0.05) is 49.5 Å². The van der Waals surface area contributed by atoms with Gasteiger partial charge in [-0.25, -0.2) is 4.98 Å². The highest BCUT2D eigenvalue weighted by Crippen LogP contribution is 2.48. The van der Waals surface area contributed by atoms with Crippen molar-refractivity contribution in [3.8, 4) is 6.07 Å². The Bertz CT molecular complexity index is 2170. The number of carbonyl (C=O) groups excluding carboxylic acids is 4. The minimum atomic E-state index is -0.705. The van der Waals surface area contributed by atoms with Gasteiger partial charge in [-0.3, -0.25) is 29.4 Å². The van der Waals surface area contributed by atoms with Gasteiger partial charge in [-0.05, 0) is 136 Å². The van der Waals surface area contributed by atoms with Gasteiger partial charge in [-0.15, -0.1) is 0 Å². The largest absolute Gasteiger partial charge is 0.372 e. The smallest absolute Gasteiger partial charge is 0.259 e. The van der Waals surface area contributed by atoms with Crippen LogP contribution in [-0.2, 0) is 20.9 Å². The zero-order valence-corrected chi connectivity index (χ0v) is 32.7. The maximum Gasteiger partial charge on any atom is 0.259 e. The van der Waals surface area contributed by atoms with E-state index in [9.17, 15) is 24.4 Å². The van der Waals surface area contributed by atoms with Gasteiger partial charge >= 0.3 is 0 Å². The number of likely N-dealkylation sites (tertiary alicyclic amines) is 1. The molecule has 0 bridgehead atoms. The van der Waals surface area contributed by atoms with Crippen molar-refractivity contribution in [3.05, 3.63) is 82.1 Å². The molecule has 288 valence electrons. The van der Waals surface area contributed by atoms with Crippen molar-refractivity contribution in [2.45, 2.75) is 81.8 Å². The van der Waals surface area contributed by atoms with Crippen molar-refractivity contribution >= 4 is 69.6 Å². The van der Waals surface area contributed by atoms with Gasteiger partial charge in [0.1, 0.15) is 17.6 Å². The summed E-state index contributed by atoms with van der Waals surface area (Å²) < 4.78 is 0. The fraction of sp³-hybridized carbons (Fsp3) is 0.452. The number of thiocarbonyl (C=S) groups is 1. The lowest BCUT2D eigenvalue weighted by Crippen LogP contribution is -2.55. The van der Waals surface area contributed by atoms with Crippen molar-refractivity contribution in [1.82, 2.24) is 20.1 Å². The van der Waals surface area contributed by atoms with Gasteiger partial charge in [-0.2, -0.15) is 5.26 Å². The number of fused-ring (bicyclic) bond motifs is 1. The van der Waals surface area contributed by atoms with E-state index in [2.05, 4.69) is 50.4 Å². The summed E-state index contributed by atoms with van der Waals surface area (Å²) in [4.78, 5) is 65.5. The van der Waals surface area contributed by atoms with Crippen LogP contribution < -0.4 is 20.0 Å². The number of pyridine rings is 1. The molecule has 6 heterocycles. The summed E-state index contributed by atoms with van der Waals surface area (Å²) in [6.45, 7) is 5.59. The third kappa shape index (κ3) is 6.32. The van der Waals surface area contributed by atoms with E-state index < -0.39 is 11.6 Å². The molecule has 1 unspecified atom stereocenters. The molecule has 6 aliphatic rings. The summed E-state index contributed by atoms with van der Waals surface area (Å²) in [5, 5.41) is 12.2. The molecule has 1 aromatic heterocycles. The van der Waals surface area contributed by atoms with E-state index in [4.69, 9.17) is 23.8 Å². The Labute approximate surface area is 336 Å². The molecule has 14 heteroatoms. The van der Waals surface area contributed by atoms with Gasteiger partial charge in [0.25, 0.3) is 11.8 Å². The number of hydrogen-bond donors (Lipinski definition) is 1. The Balaban J connectivity index is 0.772. The van der Waals surface area contributed by atoms with E-state index in [1.807, 2.05) is 23.1 Å². The third-order valence-electron chi connectivity index (χ3n) is 13.0. The fourth-order valence-electron chi connectivity index (χ4n) is 9.68. The fourth-order valence-corrected chi connectivity index (χ4v) is 10.4. The molecular weight excluding hydrogens is 748 g/mol. The van der Waals surface area contributed by atoms with E-state index in [1.54, 1.807) is 11.0 Å². The van der Waals surface area contributed by atoms with Crippen molar-refractivity contribution in [2.75, 3.05) is 47.4 Å². The number of benzene rings is 2. The predicted molar refractivity (Wildman–Crippen MR) is 215 cm³/mol. The first-order valence-corrected chi connectivity index (χ1v) is 20.5. The molecule has 5 aliphatic heterocycles. The van der Waals surface area contributed by atoms with Crippen molar-refractivity contribution in [2.24, 2.45) is 5.92 Å². The number of rotatable bonds is 7. The highest BCUT2D eigenvalue weighted by Gasteiger charge is 2.59. The lowest BCUT2D eigenvalue weighted by atomic mass is 9.75. The molecule has 4 amide bonds. The first-order chi connectivity index (χ1) is 27.1. The number of halogens is 1. The first-order valence-electron chi connectivity index (χ1n) is 19.7. The molecule has 4 saturated heterocycles. The van der Waals surface area contributed by atoms with Gasteiger partial charge in [0.15, 0.2) is 10.8 Å².